The Morgan fingerprint density at radius 1 is 1.21 bits per heavy atom. The average Bonchev–Trinajstić information content (AvgIpc) is 2.76. The highest BCUT2D eigenvalue weighted by molar-refractivity contribution is 5.81. The van der Waals surface area contributed by atoms with Crippen molar-refractivity contribution in [3.63, 3.8) is 0 Å². The van der Waals surface area contributed by atoms with Crippen LogP contribution in [0.4, 0.5) is 4.39 Å². The van der Waals surface area contributed by atoms with Gasteiger partial charge >= 0.3 is 0 Å². The van der Waals surface area contributed by atoms with Gasteiger partial charge in [0.25, 0.3) is 0 Å². The van der Waals surface area contributed by atoms with Crippen molar-refractivity contribution < 1.29 is 4.39 Å². The second-order valence-electron chi connectivity index (χ2n) is 4.56. The maximum atomic E-state index is 13.3. The SMILES string of the molecule is CCn1c(-c2cncc(F)c2)nc2cc(C)ccc21. The van der Waals surface area contributed by atoms with Gasteiger partial charge in [-0.2, -0.15) is 0 Å². The van der Waals surface area contributed by atoms with E-state index in [0.717, 1.165) is 29.0 Å². The Balaban J connectivity index is 2.28. The van der Waals surface area contributed by atoms with Gasteiger partial charge in [0.1, 0.15) is 11.6 Å². The lowest BCUT2D eigenvalue weighted by Crippen LogP contribution is -1.98. The fraction of sp³-hybridized carbons (Fsp3) is 0.200. The fourth-order valence-electron chi connectivity index (χ4n) is 2.31. The summed E-state index contributed by atoms with van der Waals surface area (Å²) in [6, 6.07) is 7.62. The third-order valence-corrected chi connectivity index (χ3v) is 3.18. The molecular weight excluding hydrogens is 241 g/mol. The predicted octanol–water partition coefficient (Wildman–Crippen LogP) is 3.57. The number of hydrogen-bond donors (Lipinski definition) is 0. The zero-order chi connectivity index (χ0) is 13.4. The number of aromatic nitrogens is 3. The Bertz CT molecular complexity index is 746. The smallest absolute Gasteiger partial charge is 0.142 e. The number of nitrogens with zero attached hydrogens (tertiary/aromatic N) is 3. The number of fused-ring (bicyclic) bond motifs is 1. The first kappa shape index (κ1) is 11.8. The Kier molecular flexibility index (Phi) is 2.78. The van der Waals surface area contributed by atoms with Crippen LogP contribution in [0.5, 0.6) is 0 Å². The molecular formula is C15H14FN3. The zero-order valence-corrected chi connectivity index (χ0v) is 10.9. The molecule has 3 nitrogen and oxygen atoms in total. The van der Waals surface area contributed by atoms with Crippen LogP contribution in [0.2, 0.25) is 0 Å². The largest absolute Gasteiger partial charge is 0.324 e. The number of aryl methyl sites for hydroxylation is 2. The van der Waals surface area contributed by atoms with E-state index in [2.05, 4.69) is 33.6 Å². The van der Waals surface area contributed by atoms with Crippen LogP contribution in [-0.2, 0) is 6.54 Å². The third-order valence-electron chi connectivity index (χ3n) is 3.18. The van der Waals surface area contributed by atoms with Gasteiger partial charge in [0.05, 0.1) is 17.2 Å². The number of hydrogen-bond acceptors (Lipinski definition) is 2. The molecule has 96 valence electrons. The molecule has 0 aliphatic carbocycles. The zero-order valence-electron chi connectivity index (χ0n) is 10.9. The van der Waals surface area contributed by atoms with E-state index >= 15 is 0 Å². The first-order chi connectivity index (χ1) is 9.19. The number of halogens is 1. The molecule has 0 aliphatic heterocycles. The maximum absolute atomic E-state index is 13.3. The number of imidazole rings is 1. The summed E-state index contributed by atoms with van der Waals surface area (Å²) in [7, 11) is 0. The van der Waals surface area contributed by atoms with Crippen LogP contribution in [-0.4, -0.2) is 14.5 Å². The molecule has 3 aromatic rings. The van der Waals surface area contributed by atoms with Crippen LogP contribution in [0, 0.1) is 12.7 Å². The molecule has 0 amide bonds. The lowest BCUT2D eigenvalue weighted by Gasteiger charge is -2.05. The standard InChI is InChI=1S/C15H14FN3/c1-3-19-14-5-4-10(2)6-13(14)18-15(19)11-7-12(16)9-17-8-11/h4-9H,3H2,1-2H3. The molecule has 2 heterocycles. The molecule has 0 unspecified atom stereocenters. The minimum absolute atomic E-state index is 0.344. The lowest BCUT2D eigenvalue weighted by molar-refractivity contribution is 0.621. The predicted molar refractivity (Wildman–Crippen MR) is 73.3 cm³/mol. The van der Waals surface area contributed by atoms with Gasteiger partial charge in [-0.05, 0) is 37.6 Å². The summed E-state index contributed by atoms with van der Waals surface area (Å²) < 4.78 is 15.4. The van der Waals surface area contributed by atoms with Crippen molar-refractivity contribution in [2.45, 2.75) is 20.4 Å². The normalized spacial score (nSPS) is 11.1. The van der Waals surface area contributed by atoms with Crippen LogP contribution < -0.4 is 0 Å². The molecule has 1 aromatic carbocycles. The van der Waals surface area contributed by atoms with E-state index in [-0.39, 0.29) is 5.82 Å². The molecule has 0 N–H and O–H groups in total. The van der Waals surface area contributed by atoms with Crippen molar-refractivity contribution in [2.24, 2.45) is 0 Å². The molecule has 0 saturated heterocycles. The second-order valence-corrected chi connectivity index (χ2v) is 4.56. The molecule has 0 saturated carbocycles. The van der Waals surface area contributed by atoms with Crippen molar-refractivity contribution in [1.29, 1.82) is 0 Å². The second kappa shape index (κ2) is 4.46. The van der Waals surface area contributed by atoms with E-state index in [1.807, 2.05) is 13.0 Å². The van der Waals surface area contributed by atoms with Gasteiger partial charge in [-0.3, -0.25) is 4.98 Å². The molecule has 2 aromatic heterocycles. The van der Waals surface area contributed by atoms with Crippen LogP contribution in [0.25, 0.3) is 22.4 Å². The van der Waals surface area contributed by atoms with Crippen molar-refractivity contribution in [3.05, 3.63) is 48.0 Å². The van der Waals surface area contributed by atoms with Crippen LogP contribution in [0.3, 0.4) is 0 Å². The molecule has 0 fully saturated rings. The van der Waals surface area contributed by atoms with E-state index in [9.17, 15) is 4.39 Å². The highest BCUT2D eigenvalue weighted by Crippen LogP contribution is 2.25. The van der Waals surface area contributed by atoms with E-state index in [0.29, 0.717) is 5.56 Å². The summed E-state index contributed by atoms with van der Waals surface area (Å²) in [5.74, 6) is 0.415. The van der Waals surface area contributed by atoms with E-state index in [1.165, 1.54) is 12.3 Å². The first-order valence-electron chi connectivity index (χ1n) is 6.27. The molecule has 4 heteroatoms. The van der Waals surface area contributed by atoms with Gasteiger partial charge in [0, 0.05) is 18.3 Å². The summed E-state index contributed by atoms with van der Waals surface area (Å²) in [6.07, 6.45) is 2.84. The lowest BCUT2D eigenvalue weighted by atomic mass is 10.2. The molecule has 3 rings (SSSR count). The topological polar surface area (TPSA) is 30.7 Å². The highest BCUT2D eigenvalue weighted by atomic mass is 19.1. The fourth-order valence-corrected chi connectivity index (χ4v) is 2.31. The Morgan fingerprint density at radius 2 is 2.05 bits per heavy atom. The highest BCUT2D eigenvalue weighted by Gasteiger charge is 2.12. The monoisotopic (exact) mass is 255 g/mol. The van der Waals surface area contributed by atoms with Gasteiger partial charge < -0.3 is 4.57 Å². The Hall–Kier alpha value is -2.23. The Morgan fingerprint density at radius 3 is 2.79 bits per heavy atom. The van der Waals surface area contributed by atoms with Gasteiger partial charge in [-0.25, -0.2) is 9.37 Å². The van der Waals surface area contributed by atoms with Crippen molar-refractivity contribution in [3.8, 4) is 11.4 Å². The molecule has 0 atom stereocenters. The van der Waals surface area contributed by atoms with Crippen molar-refractivity contribution in [2.75, 3.05) is 0 Å². The van der Waals surface area contributed by atoms with Gasteiger partial charge in [-0.1, -0.05) is 6.07 Å². The third kappa shape index (κ3) is 1.99. The molecule has 0 radical (unpaired) electrons. The minimum Gasteiger partial charge on any atom is -0.324 e. The molecule has 0 bridgehead atoms. The molecule has 0 spiro atoms. The quantitative estimate of drug-likeness (QED) is 0.701. The van der Waals surface area contributed by atoms with E-state index in [4.69, 9.17) is 0 Å². The summed E-state index contributed by atoms with van der Waals surface area (Å²) in [4.78, 5) is 8.51. The summed E-state index contributed by atoms with van der Waals surface area (Å²) >= 11 is 0. The molecule has 19 heavy (non-hydrogen) atoms. The van der Waals surface area contributed by atoms with Crippen LogP contribution >= 0.6 is 0 Å². The minimum atomic E-state index is -0.344. The number of benzene rings is 1. The number of rotatable bonds is 2. The van der Waals surface area contributed by atoms with Crippen molar-refractivity contribution in [1.82, 2.24) is 14.5 Å². The van der Waals surface area contributed by atoms with Gasteiger partial charge in [-0.15, -0.1) is 0 Å². The Labute approximate surface area is 110 Å². The molecule has 0 aliphatic rings. The summed E-state index contributed by atoms with van der Waals surface area (Å²) in [5.41, 5.74) is 3.86. The summed E-state index contributed by atoms with van der Waals surface area (Å²) in [6.45, 7) is 4.87. The van der Waals surface area contributed by atoms with Gasteiger partial charge in [0.2, 0.25) is 0 Å². The first-order valence-corrected chi connectivity index (χ1v) is 6.27. The van der Waals surface area contributed by atoms with E-state index < -0.39 is 0 Å². The number of pyridine rings is 1. The average molecular weight is 255 g/mol. The summed E-state index contributed by atoms with van der Waals surface area (Å²) in [5, 5.41) is 0. The van der Waals surface area contributed by atoms with Gasteiger partial charge in [0.15, 0.2) is 0 Å². The van der Waals surface area contributed by atoms with E-state index in [1.54, 1.807) is 6.20 Å². The van der Waals surface area contributed by atoms with Crippen molar-refractivity contribution >= 4 is 11.0 Å². The maximum Gasteiger partial charge on any atom is 0.142 e. The van der Waals surface area contributed by atoms with Crippen LogP contribution in [0.15, 0.2) is 36.7 Å². The van der Waals surface area contributed by atoms with Crippen LogP contribution in [0.1, 0.15) is 12.5 Å².